The topological polar surface area (TPSA) is 35.2 Å². The molecule has 1 unspecified atom stereocenters. The molecule has 1 aromatic carbocycles. The average Bonchev–Trinajstić information content (AvgIpc) is 2.34. The summed E-state index contributed by atoms with van der Waals surface area (Å²) in [6.45, 7) is 2.22. The minimum absolute atomic E-state index is 0.105. The minimum Gasteiger partial charge on any atom is -0.496 e. The lowest BCUT2D eigenvalue weighted by atomic mass is 10.00. The number of hydrogen-bond acceptors (Lipinski definition) is 2. The maximum atomic E-state index is 6.17. The second kappa shape index (κ2) is 7.29. The van der Waals surface area contributed by atoms with Crippen molar-refractivity contribution in [3.63, 3.8) is 0 Å². The van der Waals surface area contributed by atoms with E-state index < -0.39 is 0 Å². The average molecular weight is 221 g/mol. The molecule has 2 N–H and O–H groups in total. The molecule has 1 aromatic rings. The molecule has 2 heteroatoms. The summed E-state index contributed by atoms with van der Waals surface area (Å²) in [5, 5.41) is 0. The van der Waals surface area contributed by atoms with Gasteiger partial charge in [-0.3, -0.25) is 0 Å². The van der Waals surface area contributed by atoms with Crippen LogP contribution in [0.15, 0.2) is 24.3 Å². The van der Waals surface area contributed by atoms with E-state index in [4.69, 9.17) is 10.5 Å². The zero-order valence-corrected chi connectivity index (χ0v) is 10.4. The first kappa shape index (κ1) is 13.0. The molecule has 0 heterocycles. The Morgan fingerprint density at radius 1 is 1.19 bits per heavy atom. The molecule has 0 aromatic heterocycles. The minimum atomic E-state index is 0.105. The maximum Gasteiger partial charge on any atom is 0.123 e. The molecule has 16 heavy (non-hydrogen) atoms. The summed E-state index contributed by atoms with van der Waals surface area (Å²) < 4.78 is 5.31. The maximum absolute atomic E-state index is 6.17. The van der Waals surface area contributed by atoms with Crippen molar-refractivity contribution >= 4 is 0 Å². The molecule has 0 aliphatic carbocycles. The number of nitrogens with two attached hydrogens (primary N) is 1. The Kier molecular flexibility index (Phi) is 5.94. The van der Waals surface area contributed by atoms with Crippen molar-refractivity contribution in [2.45, 2.75) is 45.1 Å². The Labute approximate surface area is 98.8 Å². The van der Waals surface area contributed by atoms with Gasteiger partial charge in [0.1, 0.15) is 5.75 Å². The number of hydrogen-bond donors (Lipinski definition) is 1. The zero-order valence-electron chi connectivity index (χ0n) is 10.4. The molecule has 1 atom stereocenters. The monoisotopic (exact) mass is 221 g/mol. The Morgan fingerprint density at radius 3 is 2.62 bits per heavy atom. The van der Waals surface area contributed by atoms with Crippen LogP contribution in [0, 0.1) is 0 Å². The van der Waals surface area contributed by atoms with Gasteiger partial charge in [0, 0.05) is 11.6 Å². The summed E-state index contributed by atoms with van der Waals surface area (Å²) in [4.78, 5) is 0. The van der Waals surface area contributed by atoms with Crippen LogP contribution in [0.1, 0.15) is 50.6 Å². The molecular weight excluding hydrogens is 198 g/mol. The Hall–Kier alpha value is -1.02. The summed E-state index contributed by atoms with van der Waals surface area (Å²) in [6.07, 6.45) is 6.09. The molecule has 0 spiro atoms. The van der Waals surface area contributed by atoms with E-state index in [2.05, 4.69) is 13.0 Å². The lowest BCUT2D eigenvalue weighted by Crippen LogP contribution is -2.11. The third kappa shape index (κ3) is 3.86. The first-order valence-corrected chi connectivity index (χ1v) is 6.18. The number of ether oxygens (including phenoxy) is 1. The fraction of sp³-hybridized carbons (Fsp3) is 0.571. The van der Waals surface area contributed by atoms with E-state index in [0.717, 1.165) is 17.7 Å². The smallest absolute Gasteiger partial charge is 0.123 e. The van der Waals surface area contributed by atoms with Crippen LogP contribution in [0.2, 0.25) is 0 Å². The highest BCUT2D eigenvalue weighted by atomic mass is 16.5. The van der Waals surface area contributed by atoms with Gasteiger partial charge < -0.3 is 10.5 Å². The largest absolute Gasteiger partial charge is 0.496 e. The Morgan fingerprint density at radius 2 is 1.94 bits per heavy atom. The van der Waals surface area contributed by atoms with E-state index in [9.17, 15) is 0 Å². The van der Waals surface area contributed by atoms with Crippen molar-refractivity contribution in [1.29, 1.82) is 0 Å². The van der Waals surface area contributed by atoms with Crippen LogP contribution in [-0.2, 0) is 0 Å². The van der Waals surface area contributed by atoms with Gasteiger partial charge in [-0.05, 0) is 12.5 Å². The standard InChI is InChI=1S/C14H23NO/c1-3-4-5-6-10-13(15)12-9-7-8-11-14(12)16-2/h7-9,11,13H,3-6,10,15H2,1-2H3. The van der Waals surface area contributed by atoms with E-state index in [-0.39, 0.29) is 6.04 Å². The number of para-hydroxylation sites is 1. The van der Waals surface area contributed by atoms with Crippen molar-refractivity contribution < 1.29 is 4.74 Å². The van der Waals surface area contributed by atoms with Crippen molar-refractivity contribution in [2.24, 2.45) is 5.73 Å². The number of methoxy groups -OCH3 is 1. The predicted octanol–water partition coefficient (Wildman–Crippen LogP) is 3.67. The summed E-state index contributed by atoms with van der Waals surface area (Å²) in [7, 11) is 1.70. The van der Waals surface area contributed by atoms with Crippen LogP contribution in [0.5, 0.6) is 5.75 Å². The van der Waals surface area contributed by atoms with E-state index in [1.807, 2.05) is 18.2 Å². The zero-order chi connectivity index (χ0) is 11.8. The van der Waals surface area contributed by atoms with Gasteiger partial charge in [-0.2, -0.15) is 0 Å². The lowest BCUT2D eigenvalue weighted by molar-refractivity contribution is 0.403. The molecule has 0 fully saturated rings. The molecule has 90 valence electrons. The van der Waals surface area contributed by atoms with Gasteiger partial charge in [-0.1, -0.05) is 50.8 Å². The normalized spacial score (nSPS) is 12.4. The highest BCUT2D eigenvalue weighted by Crippen LogP contribution is 2.26. The number of benzene rings is 1. The quantitative estimate of drug-likeness (QED) is 0.713. The summed E-state index contributed by atoms with van der Waals surface area (Å²) in [6, 6.07) is 8.13. The molecule has 0 radical (unpaired) electrons. The third-order valence-corrected chi connectivity index (χ3v) is 2.91. The highest BCUT2D eigenvalue weighted by Gasteiger charge is 2.10. The van der Waals surface area contributed by atoms with Crippen molar-refractivity contribution in [2.75, 3.05) is 7.11 Å². The molecule has 2 nitrogen and oxygen atoms in total. The molecule has 0 amide bonds. The molecule has 0 aliphatic heterocycles. The predicted molar refractivity (Wildman–Crippen MR) is 68.7 cm³/mol. The van der Waals surface area contributed by atoms with Gasteiger partial charge in [0.2, 0.25) is 0 Å². The van der Waals surface area contributed by atoms with E-state index >= 15 is 0 Å². The van der Waals surface area contributed by atoms with Gasteiger partial charge in [0.05, 0.1) is 7.11 Å². The molecule has 0 aliphatic rings. The highest BCUT2D eigenvalue weighted by molar-refractivity contribution is 5.35. The molecule has 1 rings (SSSR count). The Bertz CT molecular complexity index is 299. The van der Waals surface area contributed by atoms with Gasteiger partial charge >= 0.3 is 0 Å². The van der Waals surface area contributed by atoms with E-state index in [0.29, 0.717) is 0 Å². The first-order valence-electron chi connectivity index (χ1n) is 6.18. The third-order valence-electron chi connectivity index (χ3n) is 2.91. The van der Waals surface area contributed by atoms with Gasteiger partial charge in [0.25, 0.3) is 0 Å². The second-order valence-corrected chi connectivity index (χ2v) is 4.20. The Balaban J connectivity index is 2.48. The number of rotatable bonds is 7. The van der Waals surface area contributed by atoms with Crippen LogP contribution < -0.4 is 10.5 Å². The van der Waals surface area contributed by atoms with Gasteiger partial charge in [-0.15, -0.1) is 0 Å². The fourth-order valence-electron chi connectivity index (χ4n) is 1.92. The van der Waals surface area contributed by atoms with Gasteiger partial charge in [-0.25, -0.2) is 0 Å². The lowest BCUT2D eigenvalue weighted by Gasteiger charge is -2.15. The molecule has 0 saturated carbocycles. The van der Waals surface area contributed by atoms with Crippen LogP contribution in [-0.4, -0.2) is 7.11 Å². The fourth-order valence-corrected chi connectivity index (χ4v) is 1.92. The molecular formula is C14H23NO. The van der Waals surface area contributed by atoms with E-state index in [1.54, 1.807) is 7.11 Å². The number of unbranched alkanes of at least 4 members (excludes halogenated alkanes) is 3. The van der Waals surface area contributed by atoms with Crippen molar-refractivity contribution in [3.8, 4) is 5.75 Å². The first-order chi connectivity index (χ1) is 7.79. The second-order valence-electron chi connectivity index (χ2n) is 4.20. The van der Waals surface area contributed by atoms with Gasteiger partial charge in [0.15, 0.2) is 0 Å². The summed E-state index contributed by atoms with van der Waals surface area (Å²) in [5.74, 6) is 0.908. The SMILES string of the molecule is CCCCCCC(N)c1ccccc1OC. The van der Waals surface area contributed by atoms with Crippen LogP contribution >= 0.6 is 0 Å². The summed E-state index contributed by atoms with van der Waals surface area (Å²) in [5.41, 5.74) is 7.30. The summed E-state index contributed by atoms with van der Waals surface area (Å²) >= 11 is 0. The van der Waals surface area contributed by atoms with Crippen molar-refractivity contribution in [3.05, 3.63) is 29.8 Å². The molecule has 0 bridgehead atoms. The molecule has 0 saturated heterocycles. The van der Waals surface area contributed by atoms with Crippen LogP contribution in [0.25, 0.3) is 0 Å². The van der Waals surface area contributed by atoms with Crippen LogP contribution in [0.4, 0.5) is 0 Å². The van der Waals surface area contributed by atoms with Crippen molar-refractivity contribution in [1.82, 2.24) is 0 Å². The van der Waals surface area contributed by atoms with Crippen LogP contribution in [0.3, 0.4) is 0 Å². The van der Waals surface area contributed by atoms with E-state index in [1.165, 1.54) is 25.7 Å².